The van der Waals surface area contributed by atoms with E-state index in [2.05, 4.69) is 4.98 Å². The van der Waals surface area contributed by atoms with Crippen LogP contribution in [0.4, 0.5) is 5.69 Å². The molecule has 1 saturated heterocycles. The van der Waals surface area contributed by atoms with Crippen molar-refractivity contribution in [2.45, 2.75) is 55.1 Å². The van der Waals surface area contributed by atoms with Gasteiger partial charge in [0, 0.05) is 24.7 Å². The van der Waals surface area contributed by atoms with Crippen molar-refractivity contribution in [2.24, 2.45) is 5.92 Å². The molecule has 0 aliphatic carbocycles. The van der Waals surface area contributed by atoms with Gasteiger partial charge in [0.25, 0.3) is 5.69 Å². The molecule has 0 saturated carbocycles. The van der Waals surface area contributed by atoms with Crippen molar-refractivity contribution in [3.8, 4) is 5.75 Å². The molecule has 1 aliphatic rings. The van der Waals surface area contributed by atoms with Gasteiger partial charge in [-0.15, -0.1) is 11.8 Å². The first-order chi connectivity index (χ1) is 16.7. The highest BCUT2D eigenvalue weighted by molar-refractivity contribution is 8.00. The SMILES string of the molecule is COc1ccc(SC(C)(C)[C@H]2OC[C@@H](C/C=C\CCC(=O)O)[C@@H](c3cccnc3)O2)c([N+](=O)[O-])c1. The van der Waals surface area contributed by atoms with Crippen LogP contribution in [0.2, 0.25) is 0 Å². The van der Waals surface area contributed by atoms with Crippen LogP contribution in [0.1, 0.15) is 44.8 Å². The van der Waals surface area contributed by atoms with E-state index in [1.54, 1.807) is 24.5 Å². The summed E-state index contributed by atoms with van der Waals surface area (Å²) in [6, 6.07) is 8.58. The van der Waals surface area contributed by atoms with Gasteiger partial charge >= 0.3 is 5.97 Å². The van der Waals surface area contributed by atoms with Crippen molar-refractivity contribution >= 4 is 23.4 Å². The van der Waals surface area contributed by atoms with Gasteiger partial charge in [-0.1, -0.05) is 18.2 Å². The molecule has 10 heteroatoms. The predicted molar refractivity (Wildman–Crippen MR) is 132 cm³/mol. The summed E-state index contributed by atoms with van der Waals surface area (Å²) in [5.74, 6) is -0.403. The van der Waals surface area contributed by atoms with Gasteiger partial charge in [0.15, 0.2) is 6.29 Å². The van der Waals surface area contributed by atoms with Crippen LogP contribution >= 0.6 is 11.8 Å². The molecule has 2 heterocycles. The van der Waals surface area contributed by atoms with Crippen LogP contribution in [-0.4, -0.2) is 45.7 Å². The number of carboxylic acid groups (broad SMARTS) is 1. The maximum Gasteiger partial charge on any atom is 0.303 e. The van der Waals surface area contributed by atoms with Crippen LogP contribution in [0.25, 0.3) is 0 Å². The van der Waals surface area contributed by atoms with E-state index < -0.39 is 21.9 Å². The van der Waals surface area contributed by atoms with E-state index in [1.165, 1.54) is 24.9 Å². The molecule has 0 radical (unpaired) electrons. The number of aliphatic carboxylic acids is 1. The number of carbonyl (C=O) groups is 1. The van der Waals surface area contributed by atoms with Gasteiger partial charge in [0.05, 0.1) is 40.5 Å². The zero-order chi connectivity index (χ0) is 25.4. The number of methoxy groups -OCH3 is 1. The van der Waals surface area contributed by atoms with Crippen LogP contribution < -0.4 is 4.74 Å². The molecule has 1 fully saturated rings. The van der Waals surface area contributed by atoms with E-state index in [0.717, 1.165) is 5.56 Å². The Morgan fingerprint density at radius 2 is 2.17 bits per heavy atom. The van der Waals surface area contributed by atoms with Crippen molar-refractivity contribution in [1.82, 2.24) is 4.98 Å². The van der Waals surface area contributed by atoms with E-state index in [4.69, 9.17) is 19.3 Å². The van der Waals surface area contributed by atoms with Gasteiger partial charge in [-0.2, -0.15) is 0 Å². The molecule has 35 heavy (non-hydrogen) atoms. The third-order valence-corrected chi connectivity index (χ3v) is 6.89. The first-order valence-corrected chi connectivity index (χ1v) is 12.1. The molecule has 1 aliphatic heterocycles. The van der Waals surface area contributed by atoms with E-state index in [1.807, 2.05) is 38.1 Å². The fourth-order valence-corrected chi connectivity index (χ4v) is 4.97. The number of nitro benzene ring substituents is 1. The zero-order valence-corrected chi connectivity index (χ0v) is 20.8. The van der Waals surface area contributed by atoms with Crippen molar-refractivity contribution in [2.75, 3.05) is 13.7 Å². The number of rotatable bonds is 11. The minimum atomic E-state index is -0.827. The molecule has 3 atom stereocenters. The first-order valence-electron chi connectivity index (χ1n) is 11.3. The van der Waals surface area contributed by atoms with E-state index in [-0.39, 0.29) is 24.1 Å². The molecule has 188 valence electrons. The van der Waals surface area contributed by atoms with Crippen LogP contribution in [-0.2, 0) is 14.3 Å². The van der Waals surface area contributed by atoms with Crippen molar-refractivity contribution in [1.29, 1.82) is 0 Å². The normalized spacial score (nSPS) is 20.6. The number of hydrogen-bond acceptors (Lipinski definition) is 8. The van der Waals surface area contributed by atoms with E-state index in [0.29, 0.717) is 30.1 Å². The number of aromatic nitrogens is 1. The van der Waals surface area contributed by atoms with Gasteiger partial charge in [-0.3, -0.25) is 19.9 Å². The highest BCUT2D eigenvalue weighted by atomic mass is 32.2. The number of ether oxygens (including phenoxy) is 3. The Bertz CT molecular complexity index is 1050. The third kappa shape index (κ3) is 7.27. The predicted octanol–water partition coefficient (Wildman–Crippen LogP) is 5.41. The lowest BCUT2D eigenvalue weighted by Gasteiger charge is -2.42. The summed E-state index contributed by atoms with van der Waals surface area (Å²) in [4.78, 5) is 26.7. The summed E-state index contributed by atoms with van der Waals surface area (Å²) in [5, 5.41) is 20.5. The molecule has 0 unspecified atom stereocenters. The average Bonchev–Trinajstić information content (AvgIpc) is 2.84. The lowest BCUT2D eigenvalue weighted by atomic mass is 9.92. The quantitative estimate of drug-likeness (QED) is 0.186. The monoisotopic (exact) mass is 502 g/mol. The summed E-state index contributed by atoms with van der Waals surface area (Å²) in [6.07, 6.45) is 7.58. The van der Waals surface area contributed by atoms with Crippen molar-refractivity contribution < 1.29 is 29.0 Å². The van der Waals surface area contributed by atoms with Gasteiger partial charge in [-0.05, 0) is 50.5 Å². The minimum Gasteiger partial charge on any atom is -0.497 e. The third-order valence-electron chi connectivity index (χ3n) is 5.61. The van der Waals surface area contributed by atoms with Crippen LogP contribution in [0.5, 0.6) is 5.75 Å². The molecule has 0 amide bonds. The Balaban J connectivity index is 1.77. The molecule has 0 spiro atoms. The Kier molecular flexibility index (Phi) is 9.25. The Labute approximate surface area is 208 Å². The molecule has 2 aromatic rings. The second-order valence-corrected chi connectivity index (χ2v) is 10.4. The Hall–Kier alpha value is -2.95. The number of benzene rings is 1. The van der Waals surface area contributed by atoms with Gasteiger partial charge in [-0.25, -0.2) is 0 Å². The first kappa shape index (κ1) is 26.7. The van der Waals surface area contributed by atoms with Gasteiger partial charge < -0.3 is 19.3 Å². The maximum absolute atomic E-state index is 11.6. The smallest absolute Gasteiger partial charge is 0.303 e. The number of hydrogen-bond donors (Lipinski definition) is 1. The number of thioether (sulfide) groups is 1. The summed E-state index contributed by atoms with van der Waals surface area (Å²) >= 11 is 1.32. The Morgan fingerprint density at radius 3 is 2.83 bits per heavy atom. The molecule has 1 aromatic heterocycles. The number of pyridine rings is 1. The van der Waals surface area contributed by atoms with Crippen LogP contribution in [0.3, 0.4) is 0 Å². The lowest BCUT2D eigenvalue weighted by molar-refractivity contribution is -0.387. The molecule has 9 nitrogen and oxygen atoms in total. The van der Waals surface area contributed by atoms with Crippen molar-refractivity contribution in [3.63, 3.8) is 0 Å². The molecule has 1 N–H and O–H groups in total. The summed E-state index contributed by atoms with van der Waals surface area (Å²) in [6.45, 7) is 4.29. The topological polar surface area (TPSA) is 121 Å². The number of carboxylic acids is 1. The highest BCUT2D eigenvalue weighted by Crippen LogP contribution is 2.46. The second kappa shape index (κ2) is 12.1. The fraction of sp³-hybridized carbons (Fsp3) is 0.440. The second-order valence-electron chi connectivity index (χ2n) is 8.70. The Morgan fingerprint density at radius 1 is 1.37 bits per heavy atom. The van der Waals surface area contributed by atoms with Gasteiger partial charge in [0.1, 0.15) is 5.75 Å². The fourth-order valence-electron chi connectivity index (χ4n) is 3.81. The van der Waals surface area contributed by atoms with Crippen LogP contribution in [0.15, 0.2) is 59.8 Å². The van der Waals surface area contributed by atoms with Crippen molar-refractivity contribution in [3.05, 3.63) is 70.6 Å². The average molecular weight is 503 g/mol. The van der Waals surface area contributed by atoms with E-state index in [9.17, 15) is 14.9 Å². The van der Waals surface area contributed by atoms with Crippen LogP contribution in [0, 0.1) is 16.0 Å². The lowest BCUT2D eigenvalue weighted by Crippen LogP contribution is -2.45. The summed E-state index contributed by atoms with van der Waals surface area (Å²) < 4.78 is 17.1. The summed E-state index contributed by atoms with van der Waals surface area (Å²) in [5.41, 5.74) is 0.882. The molecular formula is C25H30N2O7S. The number of nitro groups is 1. The minimum absolute atomic E-state index is 0.00708. The largest absolute Gasteiger partial charge is 0.497 e. The van der Waals surface area contributed by atoms with Gasteiger partial charge in [0.2, 0.25) is 0 Å². The number of nitrogens with zero attached hydrogens (tertiary/aromatic N) is 2. The zero-order valence-electron chi connectivity index (χ0n) is 20.0. The highest BCUT2D eigenvalue weighted by Gasteiger charge is 2.42. The molecular weight excluding hydrogens is 472 g/mol. The van der Waals surface area contributed by atoms with E-state index >= 15 is 0 Å². The number of allylic oxidation sites excluding steroid dienone is 2. The standard InChI is InChI=1S/C25H30N2O7S/c1-25(2,35-21-12-11-19(32-3)14-20(21)27(30)31)24-33-16-18(8-5-4-6-10-22(28)29)23(34-24)17-9-7-13-26-15-17/h4-5,7,9,11-15,18,23-24H,6,8,10,16H2,1-3H3,(H,28,29)/b5-4-/t18-,23-,24+/m1/s1. The molecule has 1 aromatic carbocycles. The molecule has 0 bridgehead atoms. The summed E-state index contributed by atoms with van der Waals surface area (Å²) in [7, 11) is 1.47. The maximum atomic E-state index is 11.6. The molecule has 3 rings (SSSR count).